The van der Waals surface area contributed by atoms with E-state index in [9.17, 15) is 21.0 Å². The molecule has 6 heteroatoms. The van der Waals surface area contributed by atoms with Crippen molar-refractivity contribution in [3.63, 3.8) is 0 Å². The predicted octanol–water partition coefficient (Wildman–Crippen LogP) is 8.07. The van der Waals surface area contributed by atoms with Crippen LogP contribution in [0.15, 0.2) is 44.8 Å². The van der Waals surface area contributed by atoms with E-state index in [0.29, 0.717) is 32.7 Å². The molecular formula is C35H51N6+. The quantitative estimate of drug-likeness (QED) is 0.200. The van der Waals surface area contributed by atoms with E-state index in [4.69, 9.17) is 0 Å². The number of nitriles is 4. The minimum Gasteiger partial charge on any atom is -0.377 e. The molecule has 0 aliphatic heterocycles. The lowest BCUT2D eigenvalue weighted by Gasteiger charge is -2.41. The molecule has 0 bridgehead atoms. The maximum Gasteiger partial charge on any atom is 0.127 e. The van der Waals surface area contributed by atoms with Crippen molar-refractivity contribution < 1.29 is 4.48 Å². The average molecular weight is 556 g/mol. The SMILES string of the molecule is CCCC(CCN(C)C1=C(C#N)/C(=C(/C)C#N)CC(C)(C)C1)CC[N+](C)(C)C1=C(C#N)/C(=C(/C)C#N)CC(C)(C)C1. The molecule has 0 spiro atoms. The topological polar surface area (TPSA) is 98.4 Å². The summed E-state index contributed by atoms with van der Waals surface area (Å²) in [5.74, 6) is 0.525. The zero-order valence-corrected chi connectivity index (χ0v) is 27.3. The van der Waals surface area contributed by atoms with Gasteiger partial charge >= 0.3 is 0 Å². The molecule has 0 aromatic heterocycles. The highest BCUT2D eigenvalue weighted by Gasteiger charge is 2.40. The van der Waals surface area contributed by atoms with E-state index in [-0.39, 0.29) is 10.8 Å². The average Bonchev–Trinajstić information content (AvgIpc) is 2.91. The largest absolute Gasteiger partial charge is 0.377 e. The third-order valence-corrected chi connectivity index (χ3v) is 9.11. The molecule has 0 aromatic carbocycles. The summed E-state index contributed by atoms with van der Waals surface area (Å²) in [6, 6.07) is 9.48. The van der Waals surface area contributed by atoms with Gasteiger partial charge in [0.15, 0.2) is 0 Å². The van der Waals surface area contributed by atoms with E-state index in [0.717, 1.165) is 87.0 Å². The minimum atomic E-state index is -0.00113. The van der Waals surface area contributed by atoms with Crippen molar-refractivity contribution in [1.82, 2.24) is 4.90 Å². The molecule has 2 aliphatic carbocycles. The van der Waals surface area contributed by atoms with Gasteiger partial charge in [0.25, 0.3) is 0 Å². The Labute approximate surface area is 250 Å². The first kappa shape index (κ1) is 33.9. The first-order valence-electron chi connectivity index (χ1n) is 15.1. The van der Waals surface area contributed by atoms with E-state index in [2.05, 4.69) is 84.9 Å². The summed E-state index contributed by atoms with van der Waals surface area (Å²) in [5, 5.41) is 39.4. The fraction of sp³-hybridized carbons (Fsp3) is 0.657. The lowest BCUT2D eigenvalue weighted by Crippen LogP contribution is -2.44. The Balaban J connectivity index is 2.29. The van der Waals surface area contributed by atoms with Crippen molar-refractivity contribution in [2.45, 2.75) is 99.8 Å². The van der Waals surface area contributed by atoms with Crippen LogP contribution in [0.25, 0.3) is 0 Å². The predicted molar refractivity (Wildman–Crippen MR) is 165 cm³/mol. The Kier molecular flexibility index (Phi) is 11.2. The van der Waals surface area contributed by atoms with Crippen molar-refractivity contribution in [3.05, 3.63) is 44.8 Å². The fourth-order valence-corrected chi connectivity index (χ4v) is 6.56. The summed E-state index contributed by atoms with van der Waals surface area (Å²) >= 11 is 0. The van der Waals surface area contributed by atoms with Crippen LogP contribution >= 0.6 is 0 Å². The van der Waals surface area contributed by atoms with Crippen LogP contribution in [0.5, 0.6) is 0 Å². The van der Waals surface area contributed by atoms with E-state index in [1.54, 1.807) is 0 Å². The Hall–Kier alpha value is -3.32. The Bertz CT molecular complexity index is 1300. The molecule has 1 atom stereocenters. The van der Waals surface area contributed by atoms with Crippen LogP contribution in [0.2, 0.25) is 0 Å². The smallest absolute Gasteiger partial charge is 0.127 e. The summed E-state index contributed by atoms with van der Waals surface area (Å²) in [4.78, 5) is 2.26. The van der Waals surface area contributed by atoms with Crippen LogP contribution in [-0.2, 0) is 0 Å². The van der Waals surface area contributed by atoms with Crippen molar-refractivity contribution in [3.8, 4) is 24.3 Å². The molecule has 0 N–H and O–H groups in total. The van der Waals surface area contributed by atoms with Gasteiger partial charge in [-0.1, -0.05) is 47.5 Å². The van der Waals surface area contributed by atoms with E-state index < -0.39 is 0 Å². The van der Waals surface area contributed by atoms with Crippen LogP contribution < -0.4 is 0 Å². The number of nitrogens with zero attached hydrogens (tertiary/aromatic N) is 6. The molecule has 2 rings (SSSR count). The summed E-state index contributed by atoms with van der Waals surface area (Å²) in [6.45, 7) is 16.6. The lowest BCUT2D eigenvalue weighted by atomic mass is 9.72. The van der Waals surface area contributed by atoms with Crippen LogP contribution in [0.3, 0.4) is 0 Å². The minimum absolute atomic E-state index is 0.00113. The van der Waals surface area contributed by atoms with Gasteiger partial charge in [-0.2, -0.15) is 21.0 Å². The molecule has 0 saturated carbocycles. The van der Waals surface area contributed by atoms with Gasteiger partial charge in [0, 0.05) is 36.9 Å². The van der Waals surface area contributed by atoms with Gasteiger partial charge in [0.05, 0.1) is 38.4 Å². The summed E-state index contributed by atoms with van der Waals surface area (Å²) in [6.07, 6.45) is 7.51. The van der Waals surface area contributed by atoms with Crippen LogP contribution in [0.1, 0.15) is 99.8 Å². The second-order valence-electron chi connectivity index (χ2n) is 14.4. The van der Waals surface area contributed by atoms with Gasteiger partial charge < -0.3 is 4.90 Å². The molecule has 0 amide bonds. The molecule has 1 unspecified atom stereocenters. The number of quaternary nitrogens is 1. The Morgan fingerprint density at radius 1 is 0.805 bits per heavy atom. The van der Waals surface area contributed by atoms with E-state index in [1.165, 1.54) is 0 Å². The highest BCUT2D eigenvalue weighted by Crippen LogP contribution is 2.46. The standard InChI is InChI=1S/C35H51N6/c1-11-12-27(13-15-40(8)32-19-34(4,5)17-28(25(2)21-36)30(32)23-38)14-16-41(9,10)33-20-35(6,7)18-29(26(3)22-37)31(33)24-39/h27H,11-20H2,1-10H3/q+1/b28-25-,29-26-. The van der Waals surface area contributed by atoms with E-state index >= 15 is 0 Å². The third kappa shape index (κ3) is 8.35. The molecule has 0 fully saturated rings. The highest BCUT2D eigenvalue weighted by atomic mass is 15.3. The van der Waals surface area contributed by atoms with Gasteiger partial charge in [-0.15, -0.1) is 0 Å². The van der Waals surface area contributed by atoms with Gasteiger partial charge in [0.2, 0.25) is 0 Å². The molecule has 41 heavy (non-hydrogen) atoms. The van der Waals surface area contributed by atoms with Crippen molar-refractivity contribution >= 4 is 0 Å². The molecular weight excluding hydrogens is 504 g/mol. The second-order valence-corrected chi connectivity index (χ2v) is 14.4. The molecule has 6 nitrogen and oxygen atoms in total. The molecule has 0 heterocycles. The first-order valence-corrected chi connectivity index (χ1v) is 15.1. The van der Waals surface area contributed by atoms with Crippen LogP contribution in [0.4, 0.5) is 0 Å². The lowest BCUT2D eigenvalue weighted by molar-refractivity contribution is -0.855. The summed E-state index contributed by atoms with van der Waals surface area (Å²) < 4.78 is 0.657. The summed E-state index contributed by atoms with van der Waals surface area (Å²) in [5.41, 5.74) is 6.70. The second kappa shape index (κ2) is 13.6. The Morgan fingerprint density at radius 2 is 1.32 bits per heavy atom. The maximum absolute atomic E-state index is 10.2. The Morgan fingerprint density at radius 3 is 1.80 bits per heavy atom. The fourth-order valence-electron chi connectivity index (χ4n) is 6.56. The van der Waals surface area contributed by atoms with Gasteiger partial charge in [-0.3, -0.25) is 4.48 Å². The van der Waals surface area contributed by atoms with Crippen molar-refractivity contribution in [2.24, 2.45) is 16.7 Å². The van der Waals surface area contributed by atoms with Crippen LogP contribution in [0, 0.1) is 62.1 Å². The number of hydrogen-bond donors (Lipinski definition) is 0. The van der Waals surface area contributed by atoms with Crippen LogP contribution in [-0.4, -0.2) is 43.6 Å². The zero-order valence-electron chi connectivity index (χ0n) is 27.3. The number of rotatable bonds is 10. The maximum atomic E-state index is 10.2. The van der Waals surface area contributed by atoms with Gasteiger partial charge in [-0.05, 0) is 73.8 Å². The molecule has 2 aliphatic rings. The number of allylic oxidation sites excluding steroid dienone is 8. The molecule has 220 valence electrons. The molecule has 0 aromatic rings. The molecule has 0 radical (unpaired) electrons. The van der Waals surface area contributed by atoms with Gasteiger partial charge in [-0.25, -0.2) is 0 Å². The monoisotopic (exact) mass is 555 g/mol. The zero-order chi connectivity index (χ0) is 31.2. The highest BCUT2D eigenvalue weighted by molar-refractivity contribution is 5.53. The first-order chi connectivity index (χ1) is 19.1. The van der Waals surface area contributed by atoms with Crippen molar-refractivity contribution in [2.75, 3.05) is 34.2 Å². The number of hydrogen-bond acceptors (Lipinski definition) is 5. The van der Waals surface area contributed by atoms with Gasteiger partial charge in [0.1, 0.15) is 23.4 Å². The molecule has 0 saturated heterocycles. The normalized spacial score (nSPS) is 21.7. The van der Waals surface area contributed by atoms with Crippen molar-refractivity contribution in [1.29, 1.82) is 21.0 Å². The van der Waals surface area contributed by atoms with E-state index in [1.807, 2.05) is 13.8 Å². The third-order valence-electron chi connectivity index (χ3n) is 9.11. The summed E-state index contributed by atoms with van der Waals surface area (Å²) in [7, 11) is 6.51.